The SMILES string of the molecule is COc1cc2c(cc1F)nc(CCCl)n2C1CCCCC1. The van der Waals surface area contributed by atoms with Crippen LogP contribution >= 0.6 is 11.6 Å². The molecule has 1 aromatic heterocycles. The Bertz CT molecular complexity index is 635. The third-order valence-corrected chi connectivity index (χ3v) is 4.48. The van der Waals surface area contributed by atoms with Crippen molar-refractivity contribution < 1.29 is 9.13 Å². The van der Waals surface area contributed by atoms with Crippen molar-refractivity contribution in [1.29, 1.82) is 0 Å². The van der Waals surface area contributed by atoms with Gasteiger partial charge in [0.2, 0.25) is 0 Å². The number of alkyl halides is 1. The summed E-state index contributed by atoms with van der Waals surface area (Å²) in [6, 6.07) is 3.67. The Morgan fingerprint density at radius 3 is 2.76 bits per heavy atom. The zero-order chi connectivity index (χ0) is 14.8. The van der Waals surface area contributed by atoms with Crippen molar-refractivity contribution in [2.75, 3.05) is 13.0 Å². The third-order valence-electron chi connectivity index (χ3n) is 4.29. The molecule has 21 heavy (non-hydrogen) atoms. The lowest BCUT2D eigenvalue weighted by Gasteiger charge is -2.25. The van der Waals surface area contributed by atoms with Gasteiger partial charge in [-0.1, -0.05) is 19.3 Å². The van der Waals surface area contributed by atoms with Crippen LogP contribution in [0, 0.1) is 5.82 Å². The second-order valence-corrected chi connectivity index (χ2v) is 5.98. The molecule has 1 aliphatic rings. The number of hydrogen-bond donors (Lipinski definition) is 0. The van der Waals surface area contributed by atoms with Crippen LogP contribution in [0.3, 0.4) is 0 Å². The largest absolute Gasteiger partial charge is 0.494 e. The minimum atomic E-state index is -0.365. The van der Waals surface area contributed by atoms with Gasteiger partial charge < -0.3 is 9.30 Å². The summed E-state index contributed by atoms with van der Waals surface area (Å²) in [7, 11) is 1.49. The predicted molar refractivity (Wildman–Crippen MR) is 82.8 cm³/mol. The van der Waals surface area contributed by atoms with Crippen LogP contribution in [0.5, 0.6) is 5.75 Å². The smallest absolute Gasteiger partial charge is 0.167 e. The standard InChI is InChI=1S/C16H20ClFN2O/c1-21-15-10-14-13(9-12(15)18)19-16(7-8-17)20(14)11-5-3-2-4-6-11/h9-11H,2-8H2,1H3. The fraction of sp³-hybridized carbons (Fsp3) is 0.562. The highest BCUT2D eigenvalue weighted by Crippen LogP contribution is 2.34. The maximum atomic E-state index is 13.9. The highest BCUT2D eigenvalue weighted by molar-refractivity contribution is 6.17. The first kappa shape index (κ1) is 14.6. The lowest BCUT2D eigenvalue weighted by molar-refractivity contribution is 0.352. The maximum absolute atomic E-state index is 13.9. The Labute approximate surface area is 129 Å². The molecule has 2 aromatic rings. The number of fused-ring (bicyclic) bond motifs is 1. The topological polar surface area (TPSA) is 27.1 Å². The first-order valence-corrected chi connectivity index (χ1v) is 8.08. The van der Waals surface area contributed by atoms with E-state index in [0.717, 1.165) is 24.2 Å². The number of methoxy groups -OCH3 is 1. The number of nitrogens with zero attached hydrogens (tertiary/aromatic N) is 2. The lowest BCUT2D eigenvalue weighted by atomic mass is 9.95. The molecule has 1 saturated carbocycles. The molecule has 0 radical (unpaired) electrons. The second kappa shape index (κ2) is 6.22. The van der Waals surface area contributed by atoms with Gasteiger partial charge in [-0.05, 0) is 12.8 Å². The molecular weight excluding hydrogens is 291 g/mol. The highest BCUT2D eigenvalue weighted by atomic mass is 35.5. The molecule has 0 aliphatic heterocycles. The summed E-state index contributed by atoms with van der Waals surface area (Å²) < 4.78 is 21.3. The summed E-state index contributed by atoms with van der Waals surface area (Å²) in [5, 5.41) is 0. The third kappa shape index (κ3) is 2.73. The van der Waals surface area contributed by atoms with Crippen molar-refractivity contribution in [3.63, 3.8) is 0 Å². The zero-order valence-electron chi connectivity index (χ0n) is 12.2. The molecule has 0 amide bonds. The van der Waals surface area contributed by atoms with Gasteiger partial charge in [-0.2, -0.15) is 0 Å². The van der Waals surface area contributed by atoms with E-state index >= 15 is 0 Å². The molecule has 1 aliphatic carbocycles. The average Bonchev–Trinajstić information content (AvgIpc) is 2.84. The van der Waals surface area contributed by atoms with Gasteiger partial charge in [0.1, 0.15) is 5.82 Å². The van der Waals surface area contributed by atoms with Gasteiger partial charge in [-0.25, -0.2) is 9.37 Å². The monoisotopic (exact) mass is 310 g/mol. The van der Waals surface area contributed by atoms with Crippen LogP contribution in [0.15, 0.2) is 12.1 Å². The van der Waals surface area contributed by atoms with Gasteiger partial charge in [-0.3, -0.25) is 0 Å². The summed E-state index contributed by atoms with van der Waals surface area (Å²) in [5.74, 6) is 1.39. The van der Waals surface area contributed by atoms with Crippen molar-refractivity contribution in [3.05, 3.63) is 23.8 Å². The molecule has 1 heterocycles. The summed E-state index contributed by atoms with van der Waals surface area (Å²) in [6.07, 6.45) is 6.79. The van der Waals surface area contributed by atoms with Crippen molar-refractivity contribution in [2.24, 2.45) is 0 Å². The van der Waals surface area contributed by atoms with E-state index in [0.29, 0.717) is 23.9 Å². The minimum absolute atomic E-state index is 0.275. The fourth-order valence-electron chi connectivity index (χ4n) is 3.31. The normalized spacial score (nSPS) is 16.5. The van der Waals surface area contributed by atoms with Crippen molar-refractivity contribution in [3.8, 4) is 5.75 Å². The molecule has 0 unspecified atom stereocenters. The van der Waals surface area contributed by atoms with E-state index in [2.05, 4.69) is 9.55 Å². The summed E-state index contributed by atoms with van der Waals surface area (Å²) in [4.78, 5) is 4.60. The molecule has 1 fully saturated rings. The molecule has 0 spiro atoms. The predicted octanol–water partition coefficient (Wildman–Crippen LogP) is 4.47. The number of benzene rings is 1. The highest BCUT2D eigenvalue weighted by Gasteiger charge is 2.22. The Hall–Kier alpha value is -1.29. The number of rotatable bonds is 4. The van der Waals surface area contributed by atoms with Crippen LogP contribution < -0.4 is 4.74 Å². The Morgan fingerprint density at radius 2 is 2.10 bits per heavy atom. The number of imidazole rings is 1. The van der Waals surface area contributed by atoms with Crippen molar-refractivity contribution in [2.45, 2.75) is 44.6 Å². The molecular formula is C16H20ClFN2O. The van der Waals surface area contributed by atoms with Gasteiger partial charge in [-0.15, -0.1) is 11.6 Å². The number of ether oxygens (including phenoxy) is 1. The first-order chi connectivity index (χ1) is 10.2. The average molecular weight is 311 g/mol. The number of aryl methyl sites for hydroxylation is 1. The first-order valence-electron chi connectivity index (χ1n) is 7.55. The van der Waals surface area contributed by atoms with Gasteiger partial charge in [0.15, 0.2) is 11.6 Å². The molecule has 5 heteroatoms. The van der Waals surface area contributed by atoms with E-state index < -0.39 is 0 Å². The van der Waals surface area contributed by atoms with E-state index in [1.807, 2.05) is 0 Å². The fourth-order valence-corrected chi connectivity index (χ4v) is 3.48. The van der Waals surface area contributed by atoms with Gasteiger partial charge >= 0.3 is 0 Å². The van der Waals surface area contributed by atoms with Crippen LogP contribution in [0.2, 0.25) is 0 Å². The van der Waals surface area contributed by atoms with Crippen LogP contribution in [-0.2, 0) is 6.42 Å². The Balaban J connectivity index is 2.14. The summed E-state index contributed by atoms with van der Waals surface area (Å²) in [5.41, 5.74) is 1.65. The van der Waals surface area contributed by atoms with Gasteiger partial charge in [0.05, 0.1) is 18.1 Å². The van der Waals surface area contributed by atoms with E-state index in [-0.39, 0.29) is 11.6 Å². The second-order valence-electron chi connectivity index (χ2n) is 5.60. The zero-order valence-corrected chi connectivity index (χ0v) is 13.0. The van der Waals surface area contributed by atoms with E-state index in [1.54, 1.807) is 6.07 Å². The summed E-state index contributed by atoms with van der Waals surface area (Å²) >= 11 is 5.91. The number of hydrogen-bond acceptors (Lipinski definition) is 2. The van der Waals surface area contributed by atoms with E-state index in [9.17, 15) is 4.39 Å². The van der Waals surface area contributed by atoms with Crippen LogP contribution in [0.4, 0.5) is 4.39 Å². The minimum Gasteiger partial charge on any atom is -0.494 e. The molecule has 3 nitrogen and oxygen atoms in total. The summed E-state index contributed by atoms with van der Waals surface area (Å²) in [6.45, 7) is 0. The van der Waals surface area contributed by atoms with E-state index in [4.69, 9.17) is 16.3 Å². The van der Waals surface area contributed by atoms with Crippen LogP contribution in [-0.4, -0.2) is 22.5 Å². The molecule has 3 rings (SSSR count). The van der Waals surface area contributed by atoms with Gasteiger partial charge in [0.25, 0.3) is 0 Å². The molecule has 0 N–H and O–H groups in total. The van der Waals surface area contributed by atoms with Crippen LogP contribution in [0.1, 0.15) is 44.0 Å². The van der Waals surface area contributed by atoms with Crippen molar-refractivity contribution in [1.82, 2.24) is 9.55 Å². The lowest BCUT2D eigenvalue weighted by Crippen LogP contribution is -2.15. The van der Waals surface area contributed by atoms with Crippen LogP contribution in [0.25, 0.3) is 11.0 Å². The Kier molecular flexibility index (Phi) is 4.34. The van der Waals surface area contributed by atoms with E-state index in [1.165, 1.54) is 32.4 Å². The molecule has 0 atom stereocenters. The quantitative estimate of drug-likeness (QED) is 0.779. The van der Waals surface area contributed by atoms with Crippen molar-refractivity contribution >= 4 is 22.6 Å². The number of halogens is 2. The maximum Gasteiger partial charge on any atom is 0.167 e. The van der Waals surface area contributed by atoms with Gasteiger partial charge in [0, 0.05) is 30.5 Å². The number of aromatic nitrogens is 2. The molecule has 0 saturated heterocycles. The molecule has 114 valence electrons. The Morgan fingerprint density at radius 1 is 1.33 bits per heavy atom. The molecule has 1 aromatic carbocycles. The molecule has 0 bridgehead atoms.